The van der Waals surface area contributed by atoms with E-state index in [0.717, 1.165) is 5.56 Å². The van der Waals surface area contributed by atoms with E-state index in [4.69, 9.17) is 14.6 Å². The quantitative estimate of drug-likeness (QED) is 0.913. The fourth-order valence-corrected chi connectivity index (χ4v) is 2.74. The molecule has 3 rings (SSSR count). The molecule has 0 bridgehead atoms. The Morgan fingerprint density at radius 1 is 1.41 bits per heavy atom. The number of hydrogen-bond donors (Lipinski definition) is 1. The highest BCUT2D eigenvalue weighted by atomic mass is 16.5. The van der Waals surface area contributed by atoms with E-state index in [1.54, 1.807) is 24.2 Å². The molecule has 1 amide bonds. The van der Waals surface area contributed by atoms with Crippen LogP contribution in [0.25, 0.3) is 6.08 Å². The van der Waals surface area contributed by atoms with E-state index in [-0.39, 0.29) is 19.1 Å². The molecule has 1 unspecified atom stereocenters. The van der Waals surface area contributed by atoms with Crippen LogP contribution in [0, 0.1) is 5.92 Å². The zero-order valence-corrected chi connectivity index (χ0v) is 12.2. The summed E-state index contributed by atoms with van der Waals surface area (Å²) < 4.78 is 10.8. The highest BCUT2D eigenvalue weighted by Crippen LogP contribution is 2.31. The Bertz CT molecular complexity index is 652. The van der Waals surface area contributed by atoms with Gasteiger partial charge in [-0.05, 0) is 24.6 Å². The second-order valence-corrected chi connectivity index (χ2v) is 5.44. The first-order chi connectivity index (χ1) is 10.6. The van der Waals surface area contributed by atoms with E-state index < -0.39 is 11.9 Å². The zero-order chi connectivity index (χ0) is 15.7. The summed E-state index contributed by atoms with van der Waals surface area (Å²) in [4.78, 5) is 25.0. The molecule has 6 heteroatoms. The Hall–Kier alpha value is -2.50. The molecule has 1 atom stereocenters. The van der Waals surface area contributed by atoms with Crippen LogP contribution in [-0.2, 0) is 9.59 Å². The lowest BCUT2D eigenvalue weighted by Gasteiger charge is -2.22. The van der Waals surface area contributed by atoms with Gasteiger partial charge in [-0.2, -0.15) is 0 Å². The van der Waals surface area contributed by atoms with Gasteiger partial charge in [0.15, 0.2) is 0 Å². The molecule has 1 N–H and O–H groups in total. The molecule has 0 aromatic heterocycles. The van der Waals surface area contributed by atoms with Crippen molar-refractivity contribution in [1.82, 2.24) is 4.90 Å². The number of hydrogen-bond acceptors (Lipinski definition) is 4. The molecule has 0 aliphatic carbocycles. The molecular formula is C16H17NO5. The molecule has 1 aromatic rings. The van der Waals surface area contributed by atoms with Crippen molar-refractivity contribution in [3.63, 3.8) is 0 Å². The summed E-state index contributed by atoms with van der Waals surface area (Å²) in [6.45, 7) is 0.927. The molecule has 2 aliphatic heterocycles. The van der Waals surface area contributed by atoms with Crippen molar-refractivity contribution in [2.75, 3.05) is 26.8 Å². The number of ether oxygens (including phenoxy) is 2. The van der Waals surface area contributed by atoms with E-state index in [9.17, 15) is 9.59 Å². The highest BCUT2D eigenvalue weighted by molar-refractivity contribution is 5.99. The van der Waals surface area contributed by atoms with Crippen LogP contribution in [0.1, 0.15) is 12.0 Å². The second kappa shape index (κ2) is 5.71. The van der Waals surface area contributed by atoms with Gasteiger partial charge in [0.05, 0.1) is 18.6 Å². The number of carbonyl (C=O) groups excluding carboxylic acids is 1. The maximum atomic E-state index is 12.5. The van der Waals surface area contributed by atoms with E-state index in [1.807, 2.05) is 12.1 Å². The third kappa shape index (κ3) is 2.64. The van der Waals surface area contributed by atoms with Gasteiger partial charge in [-0.25, -0.2) is 0 Å². The van der Waals surface area contributed by atoms with Crippen LogP contribution in [0.3, 0.4) is 0 Å². The van der Waals surface area contributed by atoms with Gasteiger partial charge in [-0.15, -0.1) is 0 Å². The minimum Gasteiger partial charge on any atom is -0.497 e. The van der Waals surface area contributed by atoms with Crippen LogP contribution in [0.5, 0.6) is 11.5 Å². The van der Waals surface area contributed by atoms with Gasteiger partial charge >= 0.3 is 5.97 Å². The van der Waals surface area contributed by atoms with Gasteiger partial charge in [0.1, 0.15) is 18.1 Å². The van der Waals surface area contributed by atoms with Gasteiger partial charge in [-0.1, -0.05) is 0 Å². The molecular weight excluding hydrogens is 286 g/mol. The van der Waals surface area contributed by atoms with Crippen molar-refractivity contribution in [2.45, 2.75) is 6.42 Å². The van der Waals surface area contributed by atoms with Crippen LogP contribution in [-0.4, -0.2) is 48.7 Å². The lowest BCUT2D eigenvalue weighted by Crippen LogP contribution is -2.33. The Kier molecular flexibility index (Phi) is 3.75. The topological polar surface area (TPSA) is 76.1 Å². The molecule has 2 aliphatic rings. The number of nitrogens with zero attached hydrogens (tertiary/aromatic N) is 1. The third-order valence-corrected chi connectivity index (χ3v) is 4.03. The van der Waals surface area contributed by atoms with Gasteiger partial charge in [-0.3, -0.25) is 9.59 Å². The molecule has 2 heterocycles. The average Bonchev–Trinajstić information content (AvgIpc) is 3.03. The number of carboxylic acid groups (broad SMARTS) is 1. The van der Waals surface area contributed by atoms with Gasteiger partial charge in [0, 0.05) is 24.7 Å². The van der Waals surface area contributed by atoms with Crippen LogP contribution in [0.2, 0.25) is 0 Å². The van der Waals surface area contributed by atoms with E-state index in [2.05, 4.69) is 0 Å². The van der Waals surface area contributed by atoms with Crippen molar-refractivity contribution in [2.24, 2.45) is 5.92 Å². The van der Waals surface area contributed by atoms with E-state index in [0.29, 0.717) is 30.0 Å². The smallest absolute Gasteiger partial charge is 0.308 e. The maximum Gasteiger partial charge on any atom is 0.308 e. The summed E-state index contributed by atoms with van der Waals surface area (Å²) in [6, 6.07) is 5.43. The Labute approximate surface area is 127 Å². The molecule has 22 heavy (non-hydrogen) atoms. The highest BCUT2D eigenvalue weighted by Gasteiger charge is 2.32. The number of amides is 1. The first kappa shape index (κ1) is 14.4. The second-order valence-electron chi connectivity index (χ2n) is 5.44. The molecule has 1 aromatic carbocycles. The fourth-order valence-electron chi connectivity index (χ4n) is 2.74. The number of carbonyl (C=O) groups is 2. The van der Waals surface area contributed by atoms with Crippen LogP contribution in [0.15, 0.2) is 23.8 Å². The number of carboxylic acids is 1. The standard InChI is InChI=1S/C16H17NO5/c1-21-13-3-2-10-6-12(9-22-14(10)7-13)15(18)17-5-4-11(8-17)16(19)20/h2-3,6-7,11H,4-5,8-9H2,1H3,(H,19,20). The fraction of sp³-hybridized carbons (Fsp3) is 0.375. The summed E-state index contributed by atoms with van der Waals surface area (Å²) in [5.41, 5.74) is 1.37. The Balaban J connectivity index is 1.76. The molecule has 0 spiro atoms. The number of fused-ring (bicyclic) bond motifs is 1. The Morgan fingerprint density at radius 3 is 2.91 bits per heavy atom. The molecule has 0 saturated carbocycles. The number of rotatable bonds is 3. The zero-order valence-electron chi connectivity index (χ0n) is 12.2. The Morgan fingerprint density at radius 2 is 2.23 bits per heavy atom. The lowest BCUT2D eigenvalue weighted by molar-refractivity contribution is -0.141. The summed E-state index contributed by atoms with van der Waals surface area (Å²) in [5, 5.41) is 9.01. The monoisotopic (exact) mass is 303 g/mol. The average molecular weight is 303 g/mol. The van der Waals surface area contributed by atoms with Crippen LogP contribution < -0.4 is 9.47 Å². The minimum atomic E-state index is -0.846. The molecule has 116 valence electrons. The van der Waals surface area contributed by atoms with Gasteiger partial charge < -0.3 is 19.5 Å². The van der Waals surface area contributed by atoms with Crippen LogP contribution >= 0.6 is 0 Å². The van der Waals surface area contributed by atoms with Crippen molar-refractivity contribution >= 4 is 18.0 Å². The lowest BCUT2D eigenvalue weighted by atomic mass is 10.1. The first-order valence-corrected chi connectivity index (χ1v) is 7.12. The molecule has 0 radical (unpaired) electrons. The van der Waals surface area contributed by atoms with E-state index >= 15 is 0 Å². The van der Waals surface area contributed by atoms with E-state index in [1.165, 1.54) is 0 Å². The number of methoxy groups -OCH3 is 1. The van der Waals surface area contributed by atoms with Crippen molar-refractivity contribution in [1.29, 1.82) is 0 Å². The minimum absolute atomic E-state index is 0.148. The summed E-state index contributed by atoms with van der Waals surface area (Å²) in [7, 11) is 1.58. The summed E-state index contributed by atoms with van der Waals surface area (Å²) >= 11 is 0. The molecule has 1 fully saturated rings. The predicted octanol–water partition coefficient (Wildman–Crippen LogP) is 1.40. The summed E-state index contributed by atoms with van der Waals surface area (Å²) in [6.07, 6.45) is 2.30. The van der Waals surface area contributed by atoms with Crippen LogP contribution in [0.4, 0.5) is 0 Å². The maximum absolute atomic E-state index is 12.5. The largest absolute Gasteiger partial charge is 0.497 e. The molecule has 1 saturated heterocycles. The predicted molar refractivity (Wildman–Crippen MR) is 78.8 cm³/mol. The number of aliphatic carboxylic acids is 1. The van der Waals surface area contributed by atoms with Gasteiger partial charge in [0.25, 0.3) is 5.91 Å². The number of likely N-dealkylation sites (tertiary alicyclic amines) is 1. The third-order valence-electron chi connectivity index (χ3n) is 4.03. The SMILES string of the molecule is COc1ccc2c(c1)OCC(C(=O)N1CCC(C(=O)O)C1)=C2. The van der Waals surface area contributed by atoms with Gasteiger partial charge in [0.2, 0.25) is 0 Å². The normalized spacial score (nSPS) is 20.0. The van der Waals surface area contributed by atoms with Crippen molar-refractivity contribution < 1.29 is 24.2 Å². The number of benzene rings is 1. The van der Waals surface area contributed by atoms with Crippen molar-refractivity contribution in [3.8, 4) is 11.5 Å². The molecule has 6 nitrogen and oxygen atoms in total. The van der Waals surface area contributed by atoms with Crippen molar-refractivity contribution in [3.05, 3.63) is 29.3 Å². The first-order valence-electron chi connectivity index (χ1n) is 7.12. The summed E-state index contributed by atoms with van der Waals surface area (Å²) in [5.74, 6) is -0.0797.